The minimum atomic E-state index is -0.188. The number of carbonyl (C=O) groups excluding carboxylic acids is 1. The van der Waals surface area contributed by atoms with Gasteiger partial charge in [0, 0.05) is 24.4 Å². The van der Waals surface area contributed by atoms with E-state index in [1.165, 1.54) is 0 Å². The average molecular weight is 366 g/mol. The van der Waals surface area contributed by atoms with E-state index >= 15 is 0 Å². The van der Waals surface area contributed by atoms with Crippen LogP contribution >= 0.6 is 35.6 Å². The Hall–Kier alpha value is -0.480. The van der Waals surface area contributed by atoms with Crippen molar-refractivity contribution in [3.8, 4) is 0 Å². The van der Waals surface area contributed by atoms with Gasteiger partial charge in [0.2, 0.25) is 5.91 Å². The highest BCUT2D eigenvalue weighted by Gasteiger charge is 2.23. The van der Waals surface area contributed by atoms with Crippen molar-refractivity contribution in [1.29, 1.82) is 0 Å². The number of halogens is 3. The Bertz CT molecular complexity index is 514. The van der Waals surface area contributed by atoms with Gasteiger partial charge >= 0.3 is 0 Å². The molecule has 1 saturated heterocycles. The summed E-state index contributed by atoms with van der Waals surface area (Å²) in [4.78, 5) is 12.0. The lowest BCUT2D eigenvalue weighted by molar-refractivity contribution is -0.121. The molecule has 0 bridgehead atoms. The molecule has 0 aliphatic carbocycles. The van der Waals surface area contributed by atoms with Crippen molar-refractivity contribution in [1.82, 2.24) is 10.6 Å². The molecule has 1 fully saturated rings. The highest BCUT2D eigenvalue weighted by atomic mass is 35.5. The van der Waals surface area contributed by atoms with Gasteiger partial charge in [-0.25, -0.2) is 0 Å². The maximum Gasteiger partial charge on any atom is 0.221 e. The van der Waals surface area contributed by atoms with Crippen LogP contribution in [0.2, 0.25) is 10.0 Å². The van der Waals surface area contributed by atoms with Crippen LogP contribution in [0, 0.1) is 0 Å². The van der Waals surface area contributed by atoms with Gasteiger partial charge in [0.05, 0.1) is 10.0 Å². The molecule has 1 aliphatic heterocycles. The number of benzene rings is 1. The molecule has 1 atom stereocenters. The third kappa shape index (κ3) is 5.31. The van der Waals surface area contributed by atoms with Crippen molar-refractivity contribution in [2.24, 2.45) is 0 Å². The Morgan fingerprint density at radius 3 is 2.68 bits per heavy atom. The highest BCUT2D eigenvalue weighted by molar-refractivity contribution is 6.42. The SMILES string of the molecule is CC(C)(CNC(=O)CC1CCCN1)c1ccc(Cl)c(Cl)c1.Cl. The van der Waals surface area contributed by atoms with Crippen LogP contribution < -0.4 is 10.6 Å². The fourth-order valence-electron chi connectivity index (χ4n) is 2.57. The van der Waals surface area contributed by atoms with Gasteiger partial charge in [-0.1, -0.05) is 43.1 Å². The lowest BCUT2D eigenvalue weighted by Gasteiger charge is -2.26. The highest BCUT2D eigenvalue weighted by Crippen LogP contribution is 2.29. The Kier molecular flexibility index (Phi) is 7.47. The molecule has 1 amide bonds. The molecule has 1 aromatic carbocycles. The summed E-state index contributed by atoms with van der Waals surface area (Å²) < 4.78 is 0. The molecular formula is C16H23Cl3N2O. The van der Waals surface area contributed by atoms with E-state index in [1.807, 2.05) is 12.1 Å². The summed E-state index contributed by atoms with van der Waals surface area (Å²) in [7, 11) is 0. The van der Waals surface area contributed by atoms with Crippen LogP contribution in [-0.2, 0) is 10.2 Å². The number of carbonyl (C=O) groups is 1. The summed E-state index contributed by atoms with van der Waals surface area (Å²) in [6.45, 7) is 5.77. The minimum absolute atomic E-state index is 0. The fourth-order valence-corrected chi connectivity index (χ4v) is 2.86. The Labute approximate surface area is 148 Å². The predicted octanol–water partition coefficient (Wildman–Crippen LogP) is 3.95. The topological polar surface area (TPSA) is 41.1 Å². The number of rotatable bonds is 5. The van der Waals surface area contributed by atoms with Gasteiger partial charge in [-0.3, -0.25) is 4.79 Å². The summed E-state index contributed by atoms with van der Waals surface area (Å²) in [5, 5.41) is 7.46. The molecule has 0 saturated carbocycles. The lowest BCUT2D eigenvalue weighted by atomic mass is 9.84. The number of hydrogen-bond donors (Lipinski definition) is 2. The van der Waals surface area contributed by atoms with Crippen molar-refractivity contribution in [2.75, 3.05) is 13.1 Å². The second-order valence-corrected chi connectivity index (χ2v) is 7.10. The molecule has 0 radical (unpaired) electrons. The number of nitrogens with one attached hydrogen (secondary N) is 2. The van der Waals surface area contributed by atoms with Crippen molar-refractivity contribution in [2.45, 2.75) is 44.6 Å². The average Bonchev–Trinajstić information content (AvgIpc) is 2.92. The third-order valence-corrected chi connectivity index (χ3v) is 4.76. The molecular weight excluding hydrogens is 343 g/mol. The van der Waals surface area contributed by atoms with Gasteiger partial charge in [0.25, 0.3) is 0 Å². The zero-order valence-electron chi connectivity index (χ0n) is 12.9. The molecule has 1 heterocycles. The first-order chi connectivity index (χ1) is 9.88. The van der Waals surface area contributed by atoms with E-state index in [4.69, 9.17) is 23.2 Å². The summed E-state index contributed by atoms with van der Waals surface area (Å²) in [5.74, 6) is 0.0996. The second-order valence-electron chi connectivity index (χ2n) is 6.29. The van der Waals surface area contributed by atoms with E-state index in [-0.39, 0.29) is 23.7 Å². The number of amides is 1. The molecule has 3 nitrogen and oxygen atoms in total. The summed E-state index contributed by atoms with van der Waals surface area (Å²) >= 11 is 12.0. The molecule has 22 heavy (non-hydrogen) atoms. The van der Waals surface area contributed by atoms with Crippen LogP contribution in [0.25, 0.3) is 0 Å². The molecule has 1 unspecified atom stereocenters. The van der Waals surface area contributed by atoms with Crippen molar-refractivity contribution >= 4 is 41.5 Å². The van der Waals surface area contributed by atoms with E-state index < -0.39 is 0 Å². The zero-order valence-corrected chi connectivity index (χ0v) is 15.2. The molecule has 1 aromatic rings. The molecule has 0 aromatic heterocycles. The predicted molar refractivity (Wildman–Crippen MR) is 95.4 cm³/mol. The smallest absolute Gasteiger partial charge is 0.221 e. The van der Waals surface area contributed by atoms with Gasteiger partial charge in [-0.15, -0.1) is 12.4 Å². The molecule has 2 rings (SSSR count). The zero-order chi connectivity index (χ0) is 15.5. The van der Waals surface area contributed by atoms with E-state index in [0.29, 0.717) is 29.1 Å². The van der Waals surface area contributed by atoms with E-state index in [2.05, 4.69) is 24.5 Å². The Morgan fingerprint density at radius 2 is 2.09 bits per heavy atom. The summed E-state index contributed by atoms with van der Waals surface area (Å²) in [5.41, 5.74) is 0.878. The third-order valence-electron chi connectivity index (χ3n) is 4.02. The van der Waals surface area contributed by atoms with Crippen LogP contribution in [0.5, 0.6) is 0 Å². The van der Waals surface area contributed by atoms with E-state index in [9.17, 15) is 4.79 Å². The first kappa shape index (κ1) is 19.6. The molecule has 2 N–H and O–H groups in total. The summed E-state index contributed by atoms with van der Waals surface area (Å²) in [6, 6.07) is 5.96. The van der Waals surface area contributed by atoms with Gasteiger partial charge in [0.1, 0.15) is 0 Å². The molecule has 0 spiro atoms. The first-order valence-electron chi connectivity index (χ1n) is 7.34. The maximum atomic E-state index is 12.0. The van der Waals surface area contributed by atoms with Crippen molar-refractivity contribution in [3.63, 3.8) is 0 Å². The quantitative estimate of drug-likeness (QED) is 0.829. The van der Waals surface area contributed by atoms with Crippen molar-refractivity contribution < 1.29 is 4.79 Å². The Morgan fingerprint density at radius 1 is 1.36 bits per heavy atom. The summed E-state index contributed by atoms with van der Waals surface area (Å²) in [6.07, 6.45) is 2.80. The standard InChI is InChI=1S/C16H22Cl2N2O.ClH/c1-16(2,11-5-6-13(17)14(18)8-11)10-20-15(21)9-12-4-3-7-19-12;/h5-6,8,12,19H,3-4,7,9-10H2,1-2H3,(H,20,21);1H. The Balaban J connectivity index is 0.00000242. The van der Waals surface area contributed by atoms with Crippen LogP contribution in [0.4, 0.5) is 0 Å². The van der Waals surface area contributed by atoms with E-state index in [0.717, 1.165) is 24.9 Å². The van der Waals surface area contributed by atoms with Crippen LogP contribution in [-0.4, -0.2) is 25.0 Å². The first-order valence-corrected chi connectivity index (χ1v) is 8.10. The normalized spacial score (nSPS) is 17.9. The maximum absolute atomic E-state index is 12.0. The van der Waals surface area contributed by atoms with Crippen LogP contribution in [0.1, 0.15) is 38.7 Å². The lowest BCUT2D eigenvalue weighted by Crippen LogP contribution is -2.39. The van der Waals surface area contributed by atoms with Crippen LogP contribution in [0.15, 0.2) is 18.2 Å². The monoisotopic (exact) mass is 364 g/mol. The fraction of sp³-hybridized carbons (Fsp3) is 0.562. The van der Waals surface area contributed by atoms with Gasteiger partial charge in [-0.2, -0.15) is 0 Å². The van der Waals surface area contributed by atoms with Crippen LogP contribution in [0.3, 0.4) is 0 Å². The van der Waals surface area contributed by atoms with Crippen molar-refractivity contribution in [3.05, 3.63) is 33.8 Å². The number of hydrogen-bond acceptors (Lipinski definition) is 2. The van der Waals surface area contributed by atoms with Gasteiger partial charge in [0.15, 0.2) is 0 Å². The molecule has 124 valence electrons. The van der Waals surface area contributed by atoms with E-state index in [1.54, 1.807) is 6.07 Å². The molecule has 1 aliphatic rings. The molecule has 6 heteroatoms. The van der Waals surface area contributed by atoms with Gasteiger partial charge < -0.3 is 10.6 Å². The largest absolute Gasteiger partial charge is 0.355 e. The second kappa shape index (κ2) is 8.39. The van der Waals surface area contributed by atoms with Gasteiger partial charge in [-0.05, 0) is 37.1 Å². The minimum Gasteiger partial charge on any atom is -0.355 e.